The van der Waals surface area contributed by atoms with Gasteiger partial charge < -0.3 is 9.14 Å². The third kappa shape index (κ3) is 3.43. The lowest BCUT2D eigenvalue weighted by molar-refractivity contribution is -0.214. The molecule has 1 saturated heterocycles. The van der Waals surface area contributed by atoms with E-state index >= 15 is 0 Å². The fourth-order valence-corrected chi connectivity index (χ4v) is 4.77. The van der Waals surface area contributed by atoms with Crippen LogP contribution >= 0.6 is 0 Å². The van der Waals surface area contributed by atoms with Crippen LogP contribution in [0.5, 0.6) is 5.75 Å². The molecule has 2 aliphatic rings. The summed E-state index contributed by atoms with van der Waals surface area (Å²) in [6.45, 7) is 8.20. The number of aryl methyl sites for hydroxylation is 2. The van der Waals surface area contributed by atoms with Gasteiger partial charge >= 0.3 is 0 Å². The molecular formula is C24H29N3O2. The molecule has 0 bridgehead atoms. The Balaban J connectivity index is 1.37. The number of imidazole rings is 1. The van der Waals surface area contributed by atoms with E-state index in [9.17, 15) is 0 Å². The predicted molar refractivity (Wildman–Crippen MR) is 114 cm³/mol. The lowest BCUT2D eigenvalue weighted by Crippen LogP contribution is -2.50. The molecule has 5 nitrogen and oxygen atoms in total. The molecule has 4 heterocycles. The van der Waals surface area contributed by atoms with Crippen LogP contribution in [0.15, 0.2) is 42.7 Å². The number of rotatable bonds is 3. The van der Waals surface area contributed by atoms with Gasteiger partial charge in [-0.15, -0.1) is 0 Å². The van der Waals surface area contributed by atoms with E-state index in [0.717, 1.165) is 50.2 Å². The lowest BCUT2D eigenvalue weighted by atomic mass is 9.83. The Labute approximate surface area is 172 Å². The van der Waals surface area contributed by atoms with E-state index in [-0.39, 0.29) is 11.7 Å². The second-order valence-electron chi connectivity index (χ2n) is 8.68. The minimum Gasteiger partial charge on any atom is -0.487 e. The van der Waals surface area contributed by atoms with Crippen molar-refractivity contribution in [3.05, 3.63) is 54.0 Å². The third-order valence-electron chi connectivity index (χ3n) is 6.36. The smallest absolute Gasteiger partial charge is 0.136 e. The molecule has 2 aliphatic heterocycles. The van der Waals surface area contributed by atoms with Crippen LogP contribution in [0.4, 0.5) is 0 Å². The lowest BCUT2D eigenvalue weighted by Gasteiger charge is -2.44. The molecule has 5 rings (SSSR count). The molecule has 5 heteroatoms. The number of piperidine rings is 1. The Morgan fingerprint density at radius 3 is 2.72 bits per heavy atom. The van der Waals surface area contributed by atoms with E-state index in [0.29, 0.717) is 0 Å². The summed E-state index contributed by atoms with van der Waals surface area (Å²) in [5.74, 6) is 1.06. The maximum atomic E-state index is 6.60. The second kappa shape index (κ2) is 7.15. The van der Waals surface area contributed by atoms with Crippen LogP contribution in [0.3, 0.4) is 0 Å². The second-order valence-corrected chi connectivity index (χ2v) is 8.68. The summed E-state index contributed by atoms with van der Waals surface area (Å²) >= 11 is 0. The summed E-state index contributed by atoms with van der Waals surface area (Å²) in [5, 5.41) is 2.10. The molecule has 2 aromatic heterocycles. The molecule has 152 valence electrons. The normalized spacial score (nSPS) is 18.9. The van der Waals surface area contributed by atoms with Gasteiger partial charge in [0.05, 0.1) is 6.10 Å². The van der Waals surface area contributed by atoms with Crippen LogP contribution in [0, 0.1) is 6.92 Å². The minimum atomic E-state index is -0.0308. The molecule has 0 amide bonds. The first-order valence-electron chi connectivity index (χ1n) is 10.7. The fraction of sp³-hybridized carbons (Fsp3) is 0.458. The maximum Gasteiger partial charge on any atom is 0.136 e. The van der Waals surface area contributed by atoms with Crippen molar-refractivity contribution in [1.82, 2.24) is 14.4 Å². The van der Waals surface area contributed by atoms with E-state index < -0.39 is 0 Å². The van der Waals surface area contributed by atoms with Gasteiger partial charge in [-0.05, 0) is 69.0 Å². The van der Waals surface area contributed by atoms with Gasteiger partial charge in [-0.1, -0.05) is 6.07 Å². The Morgan fingerprint density at radius 2 is 1.93 bits per heavy atom. The van der Waals surface area contributed by atoms with Crippen molar-refractivity contribution >= 4 is 5.65 Å². The highest BCUT2D eigenvalue weighted by Crippen LogP contribution is 2.41. The number of fused-ring (bicyclic) bond motifs is 2. The number of benzene rings is 1. The van der Waals surface area contributed by atoms with E-state index in [2.05, 4.69) is 65.6 Å². The van der Waals surface area contributed by atoms with Gasteiger partial charge in [0.1, 0.15) is 17.0 Å². The summed E-state index contributed by atoms with van der Waals surface area (Å²) in [7, 11) is 0. The molecule has 29 heavy (non-hydrogen) atoms. The first-order chi connectivity index (χ1) is 14.0. The van der Waals surface area contributed by atoms with Crippen molar-refractivity contribution in [3.63, 3.8) is 0 Å². The summed E-state index contributed by atoms with van der Waals surface area (Å²) in [4.78, 5) is 10.3. The van der Waals surface area contributed by atoms with Crippen LogP contribution in [0.1, 0.15) is 44.4 Å². The number of hydrogen-bond acceptors (Lipinski definition) is 4. The standard InChI is InChI=1S/C24H29N3O2/c1-17(2)29-26-13-10-24(11-14-26)9-8-20-16-19(4-6-22(20)28-24)21-5-7-23-25-12-15-27(23)18(21)3/h4-7,12,15-17H,8-11,13-14H2,1-3H3. The first-order valence-corrected chi connectivity index (χ1v) is 10.7. The predicted octanol–water partition coefficient (Wildman–Crippen LogP) is 4.81. The molecule has 0 saturated carbocycles. The van der Waals surface area contributed by atoms with Crippen molar-refractivity contribution in [2.45, 2.75) is 58.2 Å². The number of hydrogen-bond donors (Lipinski definition) is 0. The Morgan fingerprint density at radius 1 is 1.10 bits per heavy atom. The van der Waals surface area contributed by atoms with Crippen molar-refractivity contribution in [1.29, 1.82) is 0 Å². The van der Waals surface area contributed by atoms with Crippen LogP contribution < -0.4 is 4.74 Å². The van der Waals surface area contributed by atoms with Gasteiger partial charge in [0.2, 0.25) is 0 Å². The zero-order valence-corrected chi connectivity index (χ0v) is 17.5. The quantitative estimate of drug-likeness (QED) is 0.642. The highest BCUT2D eigenvalue weighted by atomic mass is 16.7. The van der Waals surface area contributed by atoms with Crippen LogP contribution in [0.2, 0.25) is 0 Å². The van der Waals surface area contributed by atoms with Crippen molar-refractivity contribution in [2.75, 3.05) is 13.1 Å². The van der Waals surface area contributed by atoms with Gasteiger partial charge in [0.15, 0.2) is 0 Å². The third-order valence-corrected chi connectivity index (χ3v) is 6.36. The summed E-state index contributed by atoms with van der Waals surface area (Å²) in [6, 6.07) is 10.9. The summed E-state index contributed by atoms with van der Waals surface area (Å²) in [6.07, 6.45) is 8.31. The summed E-state index contributed by atoms with van der Waals surface area (Å²) in [5.41, 5.74) is 5.98. The van der Waals surface area contributed by atoms with Crippen molar-refractivity contribution in [2.24, 2.45) is 0 Å². The Kier molecular flexibility index (Phi) is 4.60. The fourth-order valence-electron chi connectivity index (χ4n) is 4.77. The van der Waals surface area contributed by atoms with E-state index in [1.165, 1.54) is 22.4 Å². The van der Waals surface area contributed by atoms with Crippen LogP contribution in [-0.4, -0.2) is 39.2 Å². The van der Waals surface area contributed by atoms with Crippen molar-refractivity contribution in [3.8, 4) is 16.9 Å². The SMILES string of the molecule is Cc1c(-c2ccc3c(c2)CCC2(CCN(OC(C)C)CC2)O3)ccc2nccn12. The topological polar surface area (TPSA) is 39.0 Å². The number of nitrogens with zero attached hydrogens (tertiary/aromatic N) is 3. The van der Waals surface area contributed by atoms with Gasteiger partial charge in [-0.25, -0.2) is 4.98 Å². The average molecular weight is 392 g/mol. The van der Waals surface area contributed by atoms with E-state index in [1.807, 2.05) is 12.4 Å². The largest absolute Gasteiger partial charge is 0.487 e. The zero-order chi connectivity index (χ0) is 20.0. The molecule has 3 aromatic rings. The molecule has 1 aromatic carbocycles. The molecule has 0 unspecified atom stereocenters. The number of ether oxygens (including phenoxy) is 1. The molecule has 1 spiro atoms. The molecule has 1 fully saturated rings. The highest BCUT2D eigenvalue weighted by molar-refractivity contribution is 5.70. The number of aromatic nitrogens is 2. The number of hydroxylamine groups is 2. The maximum absolute atomic E-state index is 6.60. The highest BCUT2D eigenvalue weighted by Gasteiger charge is 2.40. The Bertz CT molecular complexity index is 1030. The number of pyridine rings is 1. The van der Waals surface area contributed by atoms with Crippen LogP contribution in [0.25, 0.3) is 16.8 Å². The molecule has 0 atom stereocenters. The van der Waals surface area contributed by atoms with Crippen LogP contribution in [-0.2, 0) is 11.3 Å². The monoisotopic (exact) mass is 391 g/mol. The molecule has 0 radical (unpaired) electrons. The van der Waals surface area contributed by atoms with Gasteiger partial charge in [-0.3, -0.25) is 4.84 Å². The van der Waals surface area contributed by atoms with E-state index in [4.69, 9.17) is 9.57 Å². The molecular weight excluding hydrogens is 362 g/mol. The van der Waals surface area contributed by atoms with Crippen molar-refractivity contribution < 1.29 is 9.57 Å². The molecule has 0 aliphatic carbocycles. The Hall–Kier alpha value is -2.37. The molecule has 0 N–H and O–H groups in total. The van der Waals surface area contributed by atoms with Gasteiger partial charge in [-0.2, -0.15) is 5.06 Å². The zero-order valence-electron chi connectivity index (χ0n) is 17.5. The van der Waals surface area contributed by atoms with Gasteiger partial charge in [0, 0.05) is 49.6 Å². The van der Waals surface area contributed by atoms with Gasteiger partial charge in [0.25, 0.3) is 0 Å². The van der Waals surface area contributed by atoms with E-state index in [1.54, 1.807) is 0 Å². The summed E-state index contributed by atoms with van der Waals surface area (Å²) < 4.78 is 8.74. The minimum absolute atomic E-state index is 0.0308. The first kappa shape index (κ1) is 18.6. The average Bonchev–Trinajstić information content (AvgIpc) is 3.19.